The van der Waals surface area contributed by atoms with Crippen molar-refractivity contribution in [1.29, 1.82) is 0 Å². The number of amides is 5. The first kappa shape index (κ1) is 46.2. The minimum Gasteiger partial charge on any atom is -0.481 e. The standard InChI is InChI=1S/C32H53N11O11/c1-5-15(3)24(43-30(52)25(16(4)6-2)42-26(48)18(33)11-22(44)45)29(51)40-20(10-17-13-36-14-38-17)28(50)39-19(8-7-9-37-32(34)35)27(49)41-21(31(53)54)12-23(46)47/h13-16,18-21,24-25H,5-12,33H2,1-4H3,(H,36,38)(H,39,50)(H,40,51)(H,41,49)(H,42,48)(H,43,52)(H,44,45)(H,46,47)(H,53,54)(H4,34,35,37)/t15-,16-,18-,19-,20-,21-,24-,25-/m0/s1. The lowest BCUT2D eigenvalue weighted by Gasteiger charge is -2.30. The first-order valence-corrected chi connectivity index (χ1v) is 17.3. The van der Waals surface area contributed by atoms with Crippen LogP contribution in [0.4, 0.5) is 0 Å². The summed E-state index contributed by atoms with van der Waals surface area (Å²) >= 11 is 0. The first-order chi connectivity index (χ1) is 25.3. The first-order valence-electron chi connectivity index (χ1n) is 17.3. The lowest BCUT2D eigenvalue weighted by Crippen LogP contribution is -2.61. The second kappa shape index (κ2) is 23.0. The average Bonchev–Trinajstić information content (AvgIpc) is 3.61. The zero-order valence-electron chi connectivity index (χ0n) is 30.7. The normalized spacial score (nSPS) is 15.4. The Kier molecular flexibility index (Phi) is 19.7. The number of nitrogens with zero attached hydrogens (tertiary/aromatic N) is 2. The van der Waals surface area contributed by atoms with Crippen molar-refractivity contribution in [2.24, 2.45) is 34.0 Å². The molecule has 0 saturated heterocycles. The van der Waals surface area contributed by atoms with Crippen molar-refractivity contribution in [1.82, 2.24) is 36.6 Å². The molecule has 0 aromatic carbocycles. The van der Waals surface area contributed by atoms with E-state index in [1.807, 2.05) is 0 Å². The van der Waals surface area contributed by atoms with Gasteiger partial charge in [0.1, 0.15) is 30.2 Å². The van der Waals surface area contributed by atoms with Gasteiger partial charge in [-0.05, 0) is 24.7 Å². The summed E-state index contributed by atoms with van der Waals surface area (Å²) in [4.78, 5) is 112. The van der Waals surface area contributed by atoms with Gasteiger partial charge in [0.15, 0.2) is 5.96 Å². The quantitative estimate of drug-likeness (QED) is 0.0266. The zero-order valence-corrected chi connectivity index (χ0v) is 30.7. The number of imidazole rings is 1. The van der Waals surface area contributed by atoms with Gasteiger partial charge in [0, 0.05) is 24.9 Å². The Hall–Kier alpha value is -5.80. The van der Waals surface area contributed by atoms with Crippen molar-refractivity contribution in [2.75, 3.05) is 6.54 Å². The number of hydrogen-bond acceptors (Lipinski definition) is 11. The van der Waals surface area contributed by atoms with Crippen LogP contribution in [0.15, 0.2) is 17.5 Å². The summed E-state index contributed by atoms with van der Waals surface area (Å²) in [6, 6.07) is -8.60. The Labute approximate surface area is 311 Å². The molecule has 15 N–H and O–H groups in total. The van der Waals surface area contributed by atoms with Gasteiger partial charge in [0.25, 0.3) is 0 Å². The van der Waals surface area contributed by atoms with Crippen LogP contribution < -0.4 is 43.8 Å². The van der Waals surface area contributed by atoms with Crippen LogP contribution in [-0.4, -0.2) is 121 Å². The highest BCUT2D eigenvalue weighted by Gasteiger charge is 2.36. The van der Waals surface area contributed by atoms with E-state index in [1.54, 1.807) is 27.7 Å². The zero-order chi connectivity index (χ0) is 41.1. The number of carbonyl (C=O) groups excluding carboxylic acids is 5. The van der Waals surface area contributed by atoms with E-state index in [0.717, 1.165) is 0 Å². The molecule has 0 aliphatic heterocycles. The van der Waals surface area contributed by atoms with Gasteiger partial charge >= 0.3 is 17.9 Å². The van der Waals surface area contributed by atoms with E-state index in [9.17, 15) is 43.5 Å². The minimum absolute atomic E-state index is 0.0215. The molecule has 1 aromatic rings. The summed E-state index contributed by atoms with van der Waals surface area (Å²) in [7, 11) is 0. The van der Waals surface area contributed by atoms with Crippen LogP contribution in [0.2, 0.25) is 0 Å². The molecular formula is C32H53N11O11. The van der Waals surface area contributed by atoms with E-state index in [1.165, 1.54) is 12.5 Å². The summed E-state index contributed by atoms with van der Waals surface area (Å²) in [6.45, 7) is 6.87. The van der Waals surface area contributed by atoms with Crippen molar-refractivity contribution in [3.05, 3.63) is 18.2 Å². The highest BCUT2D eigenvalue weighted by Crippen LogP contribution is 2.14. The Morgan fingerprint density at radius 1 is 0.741 bits per heavy atom. The van der Waals surface area contributed by atoms with Crippen molar-refractivity contribution >= 4 is 53.4 Å². The average molecular weight is 768 g/mol. The van der Waals surface area contributed by atoms with Crippen LogP contribution in [0, 0.1) is 11.8 Å². The predicted octanol–water partition coefficient (Wildman–Crippen LogP) is -3.12. The molecule has 22 heteroatoms. The highest BCUT2D eigenvalue weighted by molar-refractivity contribution is 5.97. The molecule has 0 spiro atoms. The van der Waals surface area contributed by atoms with Crippen LogP contribution in [0.1, 0.15) is 71.9 Å². The van der Waals surface area contributed by atoms with Crippen LogP contribution in [0.5, 0.6) is 0 Å². The lowest BCUT2D eigenvalue weighted by atomic mass is 9.94. The maximum absolute atomic E-state index is 13.9. The van der Waals surface area contributed by atoms with Gasteiger partial charge in [0.2, 0.25) is 29.5 Å². The van der Waals surface area contributed by atoms with E-state index in [4.69, 9.17) is 27.4 Å². The maximum atomic E-state index is 13.9. The van der Waals surface area contributed by atoms with E-state index >= 15 is 0 Å². The molecular weight excluding hydrogens is 714 g/mol. The fourth-order valence-electron chi connectivity index (χ4n) is 4.97. The molecule has 1 rings (SSSR count). The van der Waals surface area contributed by atoms with Gasteiger partial charge in [-0.3, -0.25) is 38.6 Å². The number of aromatic amines is 1. The van der Waals surface area contributed by atoms with E-state index < -0.39 is 108 Å². The molecule has 0 unspecified atom stereocenters. The Balaban J connectivity index is 3.41. The summed E-state index contributed by atoms with van der Waals surface area (Å²) in [5.41, 5.74) is 16.8. The largest absolute Gasteiger partial charge is 0.481 e. The predicted molar refractivity (Wildman–Crippen MR) is 191 cm³/mol. The van der Waals surface area contributed by atoms with Crippen LogP contribution in [-0.2, 0) is 44.8 Å². The third-order valence-electron chi connectivity index (χ3n) is 8.50. The number of rotatable bonds is 25. The number of carboxylic acids is 3. The molecule has 8 atom stereocenters. The third kappa shape index (κ3) is 16.3. The number of aromatic nitrogens is 2. The monoisotopic (exact) mass is 767 g/mol. The van der Waals surface area contributed by atoms with Crippen molar-refractivity contribution < 1.29 is 53.7 Å². The summed E-state index contributed by atoms with van der Waals surface area (Å²) in [5.74, 6) is -10.1. The molecule has 1 aromatic heterocycles. The molecule has 5 amide bonds. The summed E-state index contributed by atoms with van der Waals surface area (Å²) in [6.07, 6.45) is 1.65. The van der Waals surface area contributed by atoms with Crippen LogP contribution >= 0.6 is 0 Å². The Morgan fingerprint density at radius 3 is 1.72 bits per heavy atom. The second-order valence-corrected chi connectivity index (χ2v) is 12.8. The number of carboxylic acid groups (broad SMARTS) is 3. The molecule has 54 heavy (non-hydrogen) atoms. The maximum Gasteiger partial charge on any atom is 0.326 e. The van der Waals surface area contributed by atoms with Crippen molar-refractivity contribution in [3.63, 3.8) is 0 Å². The molecule has 1 heterocycles. The molecule has 0 saturated carbocycles. The van der Waals surface area contributed by atoms with E-state index in [0.29, 0.717) is 18.5 Å². The number of aliphatic carboxylic acids is 3. The van der Waals surface area contributed by atoms with E-state index in [2.05, 4.69) is 41.5 Å². The highest BCUT2D eigenvalue weighted by atomic mass is 16.4. The minimum atomic E-state index is -1.83. The fourth-order valence-corrected chi connectivity index (χ4v) is 4.97. The number of hydrogen-bond donors (Lipinski definition) is 12. The molecule has 0 bridgehead atoms. The van der Waals surface area contributed by atoms with Gasteiger partial charge in [-0.2, -0.15) is 0 Å². The Bertz CT molecular complexity index is 1480. The Morgan fingerprint density at radius 2 is 1.24 bits per heavy atom. The second-order valence-electron chi connectivity index (χ2n) is 12.8. The SMILES string of the molecule is CC[C@H](C)[C@H](NC(=O)[C@@H](NC(=O)[C@@H](N)CC(=O)O)[C@@H](C)CC)C(=O)N[C@@H](Cc1cnc[nH]1)C(=O)N[C@@H](CCCN=C(N)N)C(=O)N[C@@H](CC(=O)O)C(=O)O. The number of guanidine groups is 1. The van der Waals surface area contributed by atoms with E-state index in [-0.39, 0.29) is 31.8 Å². The number of aliphatic imine (C=N–C) groups is 1. The summed E-state index contributed by atoms with van der Waals surface area (Å²) in [5, 5.41) is 39.9. The van der Waals surface area contributed by atoms with Gasteiger partial charge in [-0.15, -0.1) is 0 Å². The molecule has 302 valence electrons. The number of carbonyl (C=O) groups is 8. The number of nitrogens with two attached hydrogens (primary N) is 3. The molecule has 22 nitrogen and oxygen atoms in total. The van der Waals surface area contributed by atoms with Crippen molar-refractivity contribution in [2.45, 2.75) is 109 Å². The van der Waals surface area contributed by atoms with Gasteiger partial charge in [-0.1, -0.05) is 40.5 Å². The fraction of sp³-hybridized carbons (Fsp3) is 0.625. The van der Waals surface area contributed by atoms with Crippen molar-refractivity contribution in [3.8, 4) is 0 Å². The van der Waals surface area contributed by atoms with Gasteiger partial charge in [-0.25, -0.2) is 9.78 Å². The topological polar surface area (TPSA) is 376 Å². The molecule has 0 aliphatic carbocycles. The molecule has 0 radical (unpaired) electrons. The van der Waals surface area contributed by atoms with Gasteiger partial charge < -0.3 is 64.1 Å². The molecule has 0 aliphatic rings. The molecule has 0 fully saturated rings. The number of H-pyrrole nitrogens is 1. The van der Waals surface area contributed by atoms with Gasteiger partial charge in [0.05, 0.1) is 25.2 Å². The summed E-state index contributed by atoms with van der Waals surface area (Å²) < 4.78 is 0. The number of nitrogens with one attached hydrogen (secondary N) is 6. The van der Waals surface area contributed by atoms with Crippen LogP contribution in [0.25, 0.3) is 0 Å². The smallest absolute Gasteiger partial charge is 0.326 e. The third-order valence-corrected chi connectivity index (χ3v) is 8.50. The lowest BCUT2D eigenvalue weighted by molar-refractivity contribution is -0.147. The van der Waals surface area contributed by atoms with Crippen LogP contribution in [0.3, 0.4) is 0 Å².